The van der Waals surface area contributed by atoms with Gasteiger partial charge in [0.05, 0.1) is 12.7 Å². The summed E-state index contributed by atoms with van der Waals surface area (Å²) < 4.78 is 5.89. The largest absolute Gasteiger partial charge is 0.394 e. The number of ether oxygens (including phenoxy) is 1. The molecule has 0 aliphatic heterocycles. The molecule has 1 rings (SSSR count). The van der Waals surface area contributed by atoms with Crippen molar-refractivity contribution >= 4 is 0 Å². The molecule has 102 valence electrons. The number of rotatable bonds is 8. The summed E-state index contributed by atoms with van der Waals surface area (Å²) in [5.74, 6) is 0. The van der Waals surface area contributed by atoms with Gasteiger partial charge in [0.2, 0.25) is 0 Å². The average Bonchev–Trinajstić information content (AvgIpc) is 2.36. The first-order valence-electron chi connectivity index (χ1n) is 7.17. The highest BCUT2D eigenvalue weighted by atomic mass is 16.5. The van der Waals surface area contributed by atoms with Crippen molar-refractivity contribution in [2.45, 2.75) is 70.4 Å². The Balaban J connectivity index is 2.09. The maximum atomic E-state index is 9.36. The summed E-state index contributed by atoms with van der Waals surface area (Å²) >= 11 is 0. The van der Waals surface area contributed by atoms with E-state index in [1.165, 1.54) is 32.1 Å². The first-order valence-corrected chi connectivity index (χ1v) is 7.17. The molecule has 0 aromatic carbocycles. The zero-order chi connectivity index (χ0) is 12.6. The third-order valence-electron chi connectivity index (χ3n) is 3.73. The van der Waals surface area contributed by atoms with Crippen LogP contribution in [0.2, 0.25) is 0 Å². The zero-order valence-electron chi connectivity index (χ0n) is 11.5. The molecule has 0 spiro atoms. The lowest BCUT2D eigenvalue weighted by Crippen LogP contribution is -2.45. The number of aliphatic hydroxyl groups excluding tert-OH is 1. The highest BCUT2D eigenvalue weighted by Gasteiger charge is 2.21. The van der Waals surface area contributed by atoms with Crippen molar-refractivity contribution in [3.63, 3.8) is 0 Å². The second-order valence-corrected chi connectivity index (χ2v) is 5.48. The molecule has 1 atom stereocenters. The van der Waals surface area contributed by atoms with Crippen molar-refractivity contribution < 1.29 is 9.84 Å². The summed E-state index contributed by atoms with van der Waals surface area (Å²) in [5, 5.41) is 12.7. The van der Waals surface area contributed by atoms with Gasteiger partial charge >= 0.3 is 0 Å². The lowest BCUT2D eigenvalue weighted by atomic mass is 9.96. The van der Waals surface area contributed by atoms with Gasteiger partial charge in [0, 0.05) is 12.1 Å². The van der Waals surface area contributed by atoms with Gasteiger partial charge in [-0.25, -0.2) is 0 Å². The quantitative estimate of drug-likeness (QED) is 0.644. The van der Waals surface area contributed by atoms with Crippen LogP contribution in [-0.2, 0) is 4.74 Å². The van der Waals surface area contributed by atoms with Gasteiger partial charge in [-0.1, -0.05) is 26.2 Å². The molecule has 0 radical (unpaired) electrons. The van der Waals surface area contributed by atoms with Crippen LogP contribution in [0.15, 0.2) is 0 Å². The molecule has 0 aromatic rings. The number of nitrogens with one attached hydrogen (secondary N) is 1. The minimum absolute atomic E-state index is 0.134. The molecule has 1 fully saturated rings. The average molecular weight is 243 g/mol. The van der Waals surface area contributed by atoms with Crippen molar-refractivity contribution in [2.24, 2.45) is 0 Å². The van der Waals surface area contributed by atoms with Crippen molar-refractivity contribution in [1.29, 1.82) is 0 Å². The van der Waals surface area contributed by atoms with Gasteiger partial charge in [0.1, 0.15) is 0 Å². The Morgan fingerprint density at radius 2 is 2.00 bits per heavy atom. The summed E-state index contributed by atoms with van der Waals surface area (Å²) in [6.45, 7) is 6.10. The van der Waals surface area contributed by atoms with Gasteiger partial charge in [-0.05, 0) is 39.2 Å². The lowest BCUT2D eigenvalue weighted by molar-refractivity contribution is 0.0220. The minimum Gasteiger partial charge on any atom is -0.394 e. The van der Waals surface area contributed by atoms with E-state index in [2.05, 4.69) is 19.2 Å². The van der Waals surface area contributed by atoms with Crippen molar-refractivity contribution in [3.05, 3.63) is 0 Å². The van der Waals surface area contributed by atoms with E-state index < -0.39 is 0 Å². The normalized spacial score (nSPS) is 21.4. The molecule has 0 aromatic heterocycles. The molecule has 17 heavy (non-hydrogen) atoms. The highest BCUT2D eigenvalue weighted by molar-refractivity contribution is 4.81. The van der Waals surface area contributed by atoms with Crippen molar-refractivity contribution in [3.8, 4) is 0 Å². The standard InChI is InChI=1S/C14H29NO2/c1-3-15-14(2,12-16)10-7-11-17-13-8-5-4-6-9-13/h13,15-16H,3-12H2,1-2H3. The molecule has 0 amide bonds. The van der Waals surface area contributed by atoms with Crippen LogP contribution in [0.25, 0.3) is 0 Å². The number of likely N-dealkylation sites (N-methyl/N-ethyl adjacent to an activating group) is 1. The Labute approximate surface area is 106 Å². The Kier molecular flexibility index (Phi) is 7.09. The molecular weight excluding hydrogens is 214 g/mol. The van der Waals surface area contributed by atoms with Gasteiger partial charge in [0.25, 0.3) is 0 Å². The third kappa shape index (κ3) is 5.84. The molecule has 2 N–H and O–H groups in total. The second-order valence-electron chi connectivity index (χ2n) is 5.48. The number of aliphatic hydroxyl groups is 1. The molecule has 3 heteroatoms. The van der Waals surface area contributed by atoms with Crippen LogP contribution >= 0.6 is 0 Å². The SMILES string of the molecule is CCNC(C)(CO)CCCOC1CCCCC1. The van der Waals surface area contributed by atoms with Crippen LogP contribution in [0, 0.1) is 0 Å². The zero-order valence-corrected chi connectivity index (χ0v) is 11.5. The van der Waals surface area contributed by atoms with E-state index >= 15 is 0 Å². The van der Waals surface area contributed by atoms with Gasteiger partial charge in [-0.3, -0.25) is 0 Å². The van der Waals surface area contributed by atoms with Crippen LogP contribution in [0.5, 0.6) is 0 Å². The molecule has 3 nitrogen and oxygen atoms in total. The highest BCUT2D eigenvalue weighted by Crippen LogP contribution is 2.21. The number of hydrogen-bond acceptors (Lipinski definition) is 3. The van der Waals surface area contributed by atoms with Gasteiger partial charge in [0.15, 0.2) is 0 Å². The summed E-state index contributed by atoms with van der Waals surface area (Å²) in [4.78, 5) is 0. The fourth-order valence-electron chi connectivity index (χ4n) is 2.59. The van der Waals surface area contributed by atoms with E-state index in [0.29, 0.717) is 6.10 Å². The van der Waals surface area contributed by atoms with Crippen LogP contribution in [0.4, 0.5) is 0 Å². The Bertz CT molecular complexity index is 193. The molecule has 0 bridgehead atoms. The first-order chi connectivity index (χ1) is 8.20. The van der Waals surface area contributed by atoms with Crippen molar-refractivity contribution in [1.82, 2.24) is 5.32 Å². The minimum atomic E-state index is -0.134. The van der Waals surface area contributed by atoms with Crippen LogP contribution in [-0.4, -0.2) is 36.5 Å². The summed E-state index contributed by atoms with van der Waals surface area (Å²) in [5.41, 5.74) is -0.134. The predicted octanol–water partition coefficient (Wildman–Crippen LogP) is 2.48. The first kappa shape index (κ1) is 14.9. The van der Waals surface area contributed by atoms with Gasteiger partial charge in [-0.2, -0.15) is 0 Å². The van der Waals surface area contributed by atoms with E-state index in [9.17, 15) is 5.11 Å². The molecule has 0 heterocycles. The Hall–Kier alpha value is -0.120. The van der Waals surface area contributed by atoms with Gasteiger partial charge in [-0.15, -0.1) is 0 Å². The van der Waals surface area contributed by atoms with Crippen LogP contribution in [0.3, 0.4) is 0 Å². The molecule has 1 aliphatic carbocycles. The predicted molar refractivity (Wildman–Crippen MR) is 71.2 cm³/mol. The van der Waals surface area contributed by atoms with E-state index in [1.54, 1.807) is 0 Å². The smallest absolute Gasteiger partial charge is 0.0610 e. The summed E-state index contributed by atoms with van der Waals surface area (Å²) in [6.07, 6.45) is 9.03. The molecule has 0 saturated heterocycles. The van der Waals surface area contributed by atoms with E-state index in [0.717, 1.165) is 26.0 Å². The lowest BCUT2D eigenvalue weighted by Gasteiger charge is -2.29. The van der Waals surface area contributed by atoms with Crippen LogP contribution < -0.4 is 5.32 Å². The van der Waals surface area contributed by atoms with Crippen LogP contribution in [0.1, 0.15) is 58.8 Å². The van der Waals surface area contributed by atoms with E-state index in [4.69, 9.17) is 4.74 Å². The fourth-order valence-corrected chi connectivity index (χ4v) is 2.59. The monoisotopic (exact) mass is 243 g/mol. The topological polar surface area (TPSA) is 41.5 Å². The molecule has 1 aliphatic rings. The summed E-state index contributed by atoms with van der Waals surface area (Å²) in [7, 11) is 0. The Morgan fingerprint density at radius 3 is 2.59 bits per heavy atom. The van der Waals surface area contributed by atoms with Crippen molar-refractivity contribution in [2.75, 3.05) is 19.8 Å². The number of hydrogen-bond donors (Lipinski definition) is 2. The van der Waals surface area contributed by atoms with E-state index in [1.807, 2.05) is 0 Å². The second kappa shape index (κ2) is 8.06. The molecule has 1 unspecified atom stereocenters. The molecule has 1 saturated carbocycles. The molecular formula is C14H29NO2. The Morgan fingerprint density at radius 1 is 1.29 bits per heavy atom. The fraction of sp³-hybridized carbons (Fsp3) is 1.00. The third-order valence-corrected chi connectivity index (χ3v) is 3.73. The van der Waals surface area contributed by atoms with E-state index in [-0.39, 0.29) is 12.1 Å². The summed E-state index contributed by atoms with van der Waals surface area (Å²) in [6, 6.07) is 0. The van der Waals surface area contributed by atoms with Gasteiger partial charge < -0.3 is 15.2 Å². The maximum absolute atomic E-state index is 9.36. The maximum Gasteiger partial charge on any atom is 0.0610 e.